The molecule has 2 heterocycles. The van der Waals surface area contributed by atoms with Crippen LogP contribution in [0.1, 0.15) is 32.3 Å². The molecule has 0 N–H and O–H groups in total. The summed E-state index contributed by atoms with van der Waals surface area (Å²) in [5.74, 6) is -0.0203. The molecule has 0 aliphatic carbocycles. The molecule has 27 heavy (non-hydrogen) atoms. The standard InChI is InChI=1S/C23H28N2O2/c1-3-25-21-10-6-5-9-19(21)20-14-17(11-12-22(20)25)15-24-13-7-8-18(16-24)23(26)27-4-2/h5-6,9-12,14,18H,3-4,7-8,13,15-16H2,1-2H3. The van der Waals surface area contributed by atoms with Gasteiger partial charge in [0.15, 0.2) is 0 Å². The van der Waals surface area contributed by atoms with E-state index in [1.807, 2.05) is 6.92 Å². The van der Waals surface area contributed by atoms with E-state index in [4.69, 9.17) is 4.74 Å². The van der Waals surface area contributed by atoms with Gasteiger partial charge in [0, 0.05) is 41.4 Å². The predicted octanol–water partition coefficient (Wildman–Crippen LogP) is 4.59. The Hall–Kier alpha value is -2.33. The highest BCUT2D eigenvalue weighted by molar-refractivity contribution is 6.08. The summed E-state index contributed by atoms with van der Waals surface area (Å²) in [5.41, 5.74) is 3.91. The van der Waals surface area contributed by atoms with E-state index in [0.717, 1.165) is 39.0 Å². The molecule has 1 unspecified atom stereocenters. The Morgan fingerprint density at radius 2 is 1.93 bits per heavy atom. The fourth-order valence-electron chi connectivity index (χ4n) is 4.45. The third-order valence-electron chi connectivity index (χ3n) is 5.68. The van der Waals surface area contributed by atoms with Gasteiger partial charge in [-0.3, -0.25) is 9.69 Å². The smallest absolute Gasteiger partial charge is 0.310 e. The van der Waals surface area contributed by atoms with E-state index >= 15 is 0 Å². The summed E-state index contributed by atoms with van der Waals surface area (Å²) < 4.78 is 7.61. The molecule has 4 heteroatoms. The van der Waals surface area contributed by atoms with Crippen LogP contribution in [0.25, 0.3) is 21.8 Å². The molecule has 142 valence electrons. The van der Waals surface area contributed by atoms with Crippen LogP contribution in [0, 0.1) is 5.92 Å². The van der Waals surface area contributed by atoms with Crippen LogP contribution in [0.3, 0.4) is 0 Å². The monoisotopic (exact) mass is 364 g/mol. The largest absolute Gasteiger partial charge is 0.466 e. The Morgan fingerprint density at radius 1 is 1.11 bits per heavy atom. The van der Waals surface area contributed by atoms with Crippen molar-refractivity contribution < 1.29 is 9.53 Å². The van der Waals surface area contributed by atoms with Gasteiger partial charge in [0.25, 0.3) is 0 Å². The van der Waals surface area contributed by atoms with E-state index < -0.39 is 0 Å². The number of hydrogen-bond acceptors (Lipinski definition) is 3. The maximum Gasteiger partial charge on any atom is 0.310 e. The predicted molar refractivity (Wildman–Crippen MR) is 110 cm³/mol. The molecule has 4 nitrogen and oxygen atoms in total. The molecule has 1 aliphatic heterocycles. The summed E-state index contributed by atoms with van der Waals surface area (Å²) in [6.45, 7) is 8.24. The van der Waals surface area contributed by atoms with Crippen molar-refractivity contribution in [2.75, 3.05) is 19.7 Å². The third kappa shape index (κ3) is 3.46. The zero-order valence-electron chi connectivity index (χ0n) is 16.3. The second kappa shape index (κ2) is 7.73. The van der Waals surface area contributed by atoms with E-state index in [1.165, 1.54) is 27.4 Å². The Labute approximate surface area is 160 Å². The number of esters is 1. The van der Waals surface area contributed by atoms with Gasteiger partial charge in [-0.2, -0.15) is 0 Å². The van der Waals surface area contributed by atoms with Gasteiger partial charge in [0.05, 0.1) is 12.5 Å². The number of aryl methyl sites for hydroxylation is 1. The van der Waals surface area contributed by atoms with Crippen molar-refractivity contribution in [1.29, 1.82) is 0 Å². The SMILES string of the molecule is CCOC(=O)C1CCCN(Cc2ccc3c(c2)c2ccccc2n3CC)C1. The van der Waals surface area contributed by atoms with Gasteiger partial charge in [-0.15, -0.1) is 0 Å². The van der Waals surface area contributed by atoms with E-state index in [2.05, 4.69) is 58.9 Å². The van der Waals surface area contributed by atoms with Crippen LogP contribution >= 0.6 is 0 Å². The minimum Gasteiger partial charge on any atom is -0.466 e. The van der Waals surface area contributed by atoms with Gasteiger partial charge in [-0.25, -0.2) is 0 Å². The molecule has 1 atom stereocenters. The summed E-state index contributed by atoms with van der Waals surface area (Å²) in [6.07, 6.45) is 2.00. The van der Waals surface area contributed by atoms with Crippen LogP contribution in [0.4, 0.5) is 0 Å². The molecule has 2 aromatic carbocycles. The first-order valence-corrected chi connectivity index (χ1v) is 10.1. The number of benzene rings is 2. The van der Waals surface area contributed by atoms with Gasteiger partial charge >= 0.3 is 5.97 Å². The number of piperidine rings is 1. The first-order valence-electron chi connectivity index (χ1n) is 10.1. The number of ether oxygens (including phenoxy) is 1. The number of nitrogens with zero attached hydrogens (tertiary/aromatic N) is 2. The third-order valence-corrected chi connectivity index (χ3v) is 5.68. The zero-order valence-corrected chi connectivity index (χ0v) is 16.3. The van der Waals surface area contributed by atoms with Crippen molar-refractivity contribution in [1.82, 2.24) is 9.47 Å². The van der Waals surface area contributed by atoms with E-state index in [9.17, 15) is 4.79 Å². The zero-order chi connectivity index (χ0) is 18.8. The van der Waals surface area contributed by atoms with Crippen molar-refractivity contribution in [2.45, 2.75) is 39.8 Å². The lowest BCUT2D eigenvalue weighted by atomic mass is 9.97. The second-order valence-corrected chi connectivity index (χ2v) is 7.44. The molecule has 0 saturated carbocycles. The molecule has 1 aliphatic rings. The lowest BCUT2D eigenvalue weighted by Gasteiger charge is -2.31. The van der Waals surface area contributed by atoms with Crippen LogP contribution in [0.15, 0.2) is 42.5 Å². The molecule has 0 spiro atoms. The molecular formula is C23H28N2O2. The van der Waals surface area contributed by atoms with Crippen LogP contribution in [0.5, 0.6) is 0 Å². The van der Waals surface area contributed by atoms with Crippen LogP contribution < -0.4 is 0 Å². The summed E-state index contributed by atoms with van der Waals surface area (Å²) >= 11 is 0. The minimum absolute atomic E-state index is 0.0180. The van der Waals surface area contributed by atoms with Crippen LogP contribution in [-0.4, -0.2) is 35.1 Å². The highest BCUT2D eigenvalue weighted by Crippen LogP contribution is 2.30. The number of likely N-dealkylation sites (tertiary alicyclic amines) is 1. The first-order chi connectivity index (χ1) is 13.2. The van der Waals surface area contributed by atoms with Crippen molar-refractivity contribution in [3.63, 3.8) is 0 Å². The Morgan fingerprint density at radius 3 is 2.74 bits per heavy atom. The highest BCUT2D eigenvalue weighted by atomic mass is 16.5. The van der Waals surface area contributed by atoms with Crippen LogP contribution in [-0.2, 0) is 22.6 Å². The van der Waals surface area contributed by atoms with Crippen molar-refractivity contribution in [2.24, 2.45) is 5.92 Å². The molecule has 0 amide bonds. The maximum atomic E-state index is 12.1. The van der Waals surface area contributed by atoms with Gasteiger partial charge < -0.3 is 9.30 Å². The van der Waals surface area contributed by atoms with Gasteiger partial charge in [-0.1, -0.05) is 24.3 Å². The topological polar surface area (TPSA) is 34.5 Å². The number of fused-ring (bicyclic) bond motifs is 3. The van der Waals surface area contributed by atoms with Crippen LogP contribution in [0.2, 0.25) is 0 Å². The minimum atomic E-state index is -0.0383. The van der Waals surface area contributed by atoms with Crippen molar-refractivity contribution in [3.05, 3.63) is 48.0 Å². The molecule has 0 radical (unpaired) electrons. The Kier molecular flexibility index (Phi) is 5.17. The molecule has 1 fully saturated rings. The summed E-state index contributed by atoms with van der Waals surface area (Å²) in [4.78, 5) is 14.5. The normalized spacial score (nSPS) is 18.2. The summed E-state index contributed by atoms with van der Waals surface area (Å²) in [5, 5.41) is 2.64. The number of para-hydroxylation sites is 1. The summed E-state index contributed by atoms with van der Waals surface area (Å²) in [7, 11) is 0. The maximum absolute atomic E-state index is 12.1. The van der Waals surface area contributed by atoms with Gasteiger partial charge in [0.1, 0.15) is 0 Å². The van der Waals surface area contributed by atoms with Crippen molar-refractivity contribution in [3.8, 4) is 0 Å². The molecule has 4 rings (SSSR count). The van der Waals surface area contributed by atoms with E-state index in [0.29, 0.717) is 6.61 Å². The molecule has 0 bridgehead atoms. The number of hydrogen-bond donors (Lipinski definition) is 0. The number of carbonyl (C=O) groups is 1. The lowest BCUT2D eigenvalue weighted by Crippen LogP contribution is -2.38. The quantitative estimate of drug-likeness (QED) is 0.621. The van der Waals surface area contributed by atoms with E-state index in [-0.39, 0.29) is 11.9 Å². The second-order valence-electron chi connectivity index (χ2n) is 7.44. The average Bonchev–Trinajstić information content (AvgIpc) is 3.01. The number of carbonyl (C=O) groups excluding carboxylic acids is 1. The summed E-state index contributed by atoms with van der Waals surface area (Å²) in [6, 6.07) is 15.5. The Balaban J connectivity index is 1.59. The molecule has 3 aromatic rings. The Bertz CT molecular complexity index is 960. The number of aromatic nitrogens is 1. The first kappa shape index (κ1) is 18.1. The highest BCUT2D eigenvalue weighted by Gasteiger charge is 2.26. The van der Waals surface area contributed by atoms with Gasteiger partial charge in [-0.05, 0) is 57.0 Å². The fraction of sp³-hybridized carbons (Fsp3) is 0.435. The van der Waals surface area contributed by atoms with Gasteiger partial charge in [0.2, 0.25) is 0 Å². The average molecular weight is 364 g/mol. The lowest BCUT2D eigenvalue weighted by molar-refractivity contribution is -0.150. The fourth-order valence-corrected chi connectivity index (χ4v) is 4.45. The van der Waals surface area contributed by atoms with E-state index in [1.54, 1.807) is 0 Å². The molecular weight excluding hydrogens is 336 g/mol. The molecule has 1 saturated heterocycles. The molecule has 1 aromatic heterocycles. The number of rotatable bonds is 5. The van der Waals surface area contributed by atoms with Crippen molar-refractivity contribution >= 4 is 27.8 Å².